The predicted octanol–water partition coefficient (Wildman–Crippen LogP) is 0.926. The van der Waals surface area contributed by atoms with Gasteiger partial charge in [-0.05, 0) is 24.6 Å². The van der Waals surface area contributed by atoms with Crippen molar-refractivity contribution in [3.63, 3.8) is 0 Å². The van der Waals surface area contributed by atoms with Gasteiger partial charge >= 0.3 is 5.97 Å². The lowest BCUT2D eigenvalue weighted by Crippen LogP contribution is -2.33. The van der Waals surface area contributed by atoms with Crippen molar-refractivity contribution in [1.29, 1.82) is 0 Å². The summed E-state index contributed by atoms with van der Waals surface area (Å²) in [6.07, 6.45) is 3.99. The highest BCUT2D eigenvalue weighted by molar-refractivity contribution is 7.98. The summed E-state index contributed by atoms with van der Waals surface area (Å²) < 4.78 is 0. The molecule has 0 bridgehead atoms. The van der Waals surface area contributed by atoms with E-state index in [-0.39, 0.29) is 0 Å². The van der Waals surface area contributed by atoms with Gasteiger partial charge in [0.15, 0.2) is 0 Å². The molecule has 0 radical (unpaired) electrons. The molecular formula is C7H13NO2S. The van der Waals surface area contributed by atoms with E-state index in [2.05, 4.69) is 11.9 Å². The Morgan fingerprint density at radius 2 is 2.55 bits per heavy atom. The third kappa shape index (κ3) is 4.72. The van der Waals surface area contributed by atoms with Crippen molar-refractivity contribution in [2.75, 3.05) is 12.0 Å². The molecule has 0 heterocycles. The van der Waals surface area contributed by atoms with E-state index in [1.54, 1.807) is 11.8 Å². The Bertz CT molecular complexity index is 138. The molecule has 1 atom stereocenters. The maximum absolute atomic E-state index is 10.5. The normalized spacial score (nSPS) is 12.1. The summed E-state index contributed by atoms with van der Waals surface area (Å²) in [6.45, 7) is 3.41. The minimum Gasteiger partial charge on any atom is -0.480 e. The van der Waals surface area contributed by atoms with Crippen LogP contribution >= 0.6 is 11.8 Å². The van der Waals surface area contributed by atoms with Gasteiger partial charge in [-0.1, -0.05) is 6.58 Å². The van der Waals surface area contributed by atoms with Crippen LogP contribution in [-0.2, 0) is 4.79 Å². The van der Waals surface area contributed by atoms with E-state index in [4.69, 9.17) is 5.11 Å². The molecule has 0 aromatic rings. The lowest BCUT2D eigenvalue weighted by atomic mass is 10.2. The Kier molecular flexibility index (Phi) is 5.74. The number of carboxylic acid groups (broad SMARTS) is 1. The zero-order valence-electron chi connectivity index (χ0n) is 6.54. The first-order chi connectivity index (χ1) is 5.22. The van der Waals surface area contributed by atoms with Gasteiger partial charge in [-0.3, -0.25) is 0 Å². The smallest absolute Gasteiger partial charge is 0.326 e. The first-order valence-electron chi connectivity index (χ1n) is 3.31. The molecule has 0 rings (SSSR count). The van der Waals surface area contributed by atoms with E-state index >= 15 is 0 Å². The fourth-order valence-corrected chi connectivity index (χ4v) is 1.13. The molecule has 0 amide bonds. The van der Waals surface area contributed by atoms with Gasteiger partial charge < -0.3 is 10.4 Å². The van der Waals surface area contributed by atoms with E-state index < -0.39 is 12.0 Å². The molecule has 0 saturated heterocycles. The molecule has 1 unspecified atom stereocenters. The monoisotopic (exact) mass is 175 g/mol. The number of hydrogen-bond acceptors (Lipinski definition) is 3. The second kappa shape index (κ2) is 6.09. The number of rotatable bonds is 6. The van der Waals surface area contributed by atoms with E-state index in [0.29, 0.717) is 6.42 Å². The molecule has 2 N–H and O–H groups in total. The van der Waals surface area contributed by atoms with Crippen LogP contribution in [0, 0.1) is 0 Å². The van der Waals surface area contributed by atoms with Gasteiger partial charge in [-0.2, -0.15) is 11.8 Å². The summed E-state index contributed by atoms with van der Waals surface area (Å²) in [5.41, 5.74) is 0. The molecule has 4 heteroatoms. The summed E-state index contributed by atoms with van der Waals surface area (Å²) in [5.74, 6) is 0.0246. The zero-order valence-corrected chi connectivity index (χ0v) is 7.36. The van der Waals surface area contributed by atoms with Crippen LogP contribution in [-0.4, -0.2) is 29.1 Å². The van der Waals surface area contributed by atoms with E-state index in [0.717, 1.165) is 5.75 Å². The van der Waals surface area contributed by atoms with Crippen LogP contribution in [0.4, 0.5) is 0 Å². The van der Waals surface area contributed by atoms with Crippen molar-refractivity contribution in [3.05, 3.63) is 12.8 Å². The summed E-state index contributed by atoms with van der Waals surface area (Å²) in [5, 5.41) is 11.3. The van der Waals surface area contributed by atoms with Gasteiger partial charge in [0, 0.05) is 0 Å². The Balaban J connectivity index is 3.69. The van der Waals surface area contributed by atoms with E-state index in [9.17, 15) is 4.79 Å². The maximum Gasteiger partial charge on any atom is 0.326 e. The lowest BCUT2D eigenvalue weighted by molar-refractivity contribution is -0.139. The standard InChI is InChI=1S/C7H13NO2S/c1-3-8-6(7(9)10)4-5-11-2/h3,6,8H,1,4-5H2,2H3,(H,9,10). The molecular weight excluding hydrogens is 162 g/mol. The van der Waals surface area contributed by atoms with Gasteiger partial charge in [0.2, 0.25) is 0 Å². The molecule has 0 aromatic carbocycles. The average Bonchev–Trinajstić information content (AvgIpc) is 1.97. The molecule has 0 aliphatic carbocycles. The molecule has 11 heavy (non-hydrogen) atoms. The molecule has 64 valence electrons. The van der Waals surface area contributed by atoms with Gasteiger partial charge in [-0.25, -0.2) is 4.79 Å². The number of carboxylic acids is 1. The SMILES string of the molecule is C=CNC(CCSC)C(=O)O. The lowest BCUT2D eigenvalue weighted by Gasteiger charge is -2.10. The Labute approximate surface area is 70.9 Å². The van der Waals surface area contributed by atoms with Gasteiger partial charge in [0.1, 0.15) is 6.04 Å². The number of aliphatic carboxylic acids is 1. The first-order valence-corrected chi connectivity index (χ1v) is 4.70. The van der Waals surface area contributed by atoms with Crippen molar-refractivity contribution in [1.82, 2.24) is 5.32 Å². The molecule has 3 nitrogen and oxygen atoms in total. The number of thioether (sulfide) groups is 1. The second-order valence-corrected chi connectivity index (χ2v) is 3.03. The van der Waals surface area contributed by atoms with Crippen molar-refractivity contribution in [2.24, 2.45) is 0 Å². The summed E-state index contributed by atoms with van der Waals surface area (Å²) in [4.78, 5) is 10.5. The van der Waals surface area contributed by atoms with E-state index in [1.807, 2.05) is 6.26 Å². The van der Waals surface area contributed by atoms with Crippen LogP contribution in [0.3, 0.4) is 0 Å². The maximum atomic E-state index is 10.5. The highest BCUT2D eigenvalue weighted by Gasteiger charge is 2.13. The third-order valence-electron chi connectivity index (χ3n) is 1.23. The number of hydrogen-bond donors (Lipinski definition) is 2. The minimum absolute atomic E-state index is 0.486. The van der Waals surface area contributed by atoms with Crippen molar-refractivity contribution >= 4 is 17.7 Å². The molecule has 0 saturated carbocycles. The van der Waals surface area contributed by atoms with Crippen LogP contribution in [0.2, 0.25) is 0 Å². The topological polar surface area (TPSA) is 49.3 Å². The minimum atomic E-state index is -0.820. The van der Waals surface area contributed by atoms with Crippen molar-refractivity contribution in [3.8, 4) is 0 Å². The fraction of sp³-hybridized carbons (Fsp3) is 0.571. The highest BCUT2D eigenvalue weighted by Crippen LogP contribution is 2.00. The number of carbonyl (C=O) groups is 1. The molecule has 0 fully saturated rings. The van der Waals surface area contributed by atoms with E-state index in [1.165, 1.54) is 6.20 Å². The Morgan fingerprint density at radius 3 is 2.91 bits per heavy atom. The summed E-state index contributed by atoms with van der Waals surface area (Å²) in [6, 6.07) is -0.486. The quantitative estimate of drug-likeness (QED) is 0.630. The second-order valence-electron chi connectivity index (χ2n) is 2.04. The summed E-state index contributed by atoms with van der Waals surface area (Å²) in [7, 11) is 0. The van der Waals surface area contributed by atoms with Crippen LogP contribution in [0.5, 0.6) is 0 Å². The third-order valence-corrected chi connectivity index (χ3v) is 1.87. The summed E-state index contributed by atoms with van der Waals surface area (Å²) >= 11 is 1.64. The van der Waals surface area contributed by atoms with Crippen molar-refractivity contribution in [2.45, 2.75) is 12.5 Å². The molecule has 0 aliphatic heterocycles. The van der Waals surface area contributed by atoms with Crippen LogP contribution in [0.1, 0.15) is 6.42 Å². The van der Waals surface area contributed by atoms with Gasteiger partial charge in [0.25, 0.3) is 0 Å². The predicted molar refractivity (Wildman–Crippen MR) is 47.8 cm³/mol. The molecule has 0 aliphatic rings. The largest absolute Gasteiger partial charge is 0.480 e. The van der Waals surface area contributed by atoms with Crippen LogP contribution in [0.15, 0.2) is 12.8 Å². The fourth-order valence-electron chi connectivity index (χ4n) is 0.656. The van der Waals surface area contributed by atoms with Crippen molar-refractivity contribution < 1.29 is 9.90 Å². The van der Waals surface area contributed by atoms with Gasteiger partial charge in [0.05, 0.1) is 0 Å². The Hall–Kier alpha value is -0.640. The van der Waals surface area contributed by atoms with Gasteiger partial charge in [-0.15, -0.1) is 0 Å². The zero-order chi connectivity index (χ0) is 8.69. The molecule has 0 spiro atoms. The average molecular weight is 175 g/mol. The van der Waals surface area contributed by atoms with Crippen LogP contribution in [0.25, 0.3) is 0 Å². The highest BCUT2D eigenvalue weighted by atomic mass is 32.2. The Morgan fingerprint density at radius 1 is 1.91 bits per heavy atom. The number of nitrogens with one attached hydrogen (secondary N) is 1. The van der Waals surface area contributed by atoms with Crippen LogP contribution < -0.4 is 5.32 Å². The first kappa shape index (κ1) is 10.4. The molecule has 0 aromatic heterocycles.